The molecular weight excluding hydrogens is 332 g/mol. The highest BCUT2D eigenvalue weighted by molar-refractivity contribution is 5.95. The van der Waals surface area contributed by atoms with E-state index in [2.05, 4.69) is 23.8 Å². The molecule has 0 amide bonds. The SMILES string of the molecule is CC(C)c1ccccc1N=C=O.CCOC(=O)c1ccccc1N=C=O. The van der Waals surface area contributed by atoms with E-state index in [0.717, 1.165) is 11.3 Å². The summed E-state index contributed by atoms with van der Waals surface area (Å²) in [4.78, 5) is 38.5. The predicted octanol–water partition coefficient (Wildman–Crippen LogP) is 4.61. The van der Waals surface area contributed by atoms with Gasteiger partial charge >= 0.3 is 5.97 Å². The third kappa shape index (κ3) is 6.29. The lowest BCUT2D eigenvalue weighted by Gasteiger charge is -2.06. The van der Waals surface area contributed by atoms with Crippen LogP contribution in [0.2, 0.25) is 0 Å². The van der Waals surface area contributed by atoms with Crippen molar-refractivity contribution in [3.63, 3.8) is 0 Å². The van der Waals surface area contributed by atoms with Crippen LogP contribution in [0, 0.1) is 0 Å². The molecule has 0 saturated carbocycles. The van der Waals surface area contributed by atoms with Crippen molar-refractivity contribution in [3.8, 4) is 0 Å². The molecule has 2 rings (SSSR count). The van der Waals surface area contributed by atoms with Crippen LogP contribution in [0.4, 0.5) is 11.4 Å². The van der Waals surface area contributed by atoms with Gasteiger partial charge < -0.3 is 4.74 Å². The summed E-state index contributed by atoms with van der Waals surface area (Å²) in [5.41, 5.74) is 2.36. The molecule has 0 aliphatic carbocycles. The summed E-state index contributed by atoms with van der Waals surface area (Å²) in [7, 11) is 0. The van der Waals surface area contributed by atoms with E-state index in [1.165, 1.54) is 6.08 Å². The Bertz CT molecular complexity index is 833. The normalized spacial score (nSPS) is 9.23. The third-order valence-corrected chi connectivity index (χ3v) is 3.29. The van der Waals surface area contributed by atoms with E-state index >= 15 is 0 Å². The number of carbonyl (C=O) groups is 1. The zero-order valence-electron chi connectivity index (χ0n) is 14.9. The summed E-state index contributed by atoms with van der Waals surface area (Å²) >= 11 is 0. The van der Waals surface area contributed by atoms with Gasteiger partial charge in [-0.3, -0.25) is 0 Å². The van der Waals surface area contributed by atoms with Crippen molar-refractivity contribution in [2.75, 3.05) is 6.61 Å². The Morgan fingerprint density at radius 3 is 2.08 bits per heavy atom. The van der Waals surface area contributed by atoms with Gasteiger partial charge in [0.05, 0.1) is 23.5 Å². The molecule has 26 heavy (non-hydrogen) atoms. The Labute approximate surface area is 152 Å². The van der Waals surface area contributed by atoms with Crippen LogP contribution in [0.5, 0.6) is 0 Å². The maximum Gasteiger partial charge on any atom is 0.340 e. The van der Waals surface area contributed by atoms with Crippen LogP contribution in [0.15, 0.2) is 58.5 Å². The molecule has 2 aromatic rings. The summed E-state index contributed by atoms with van der Waals surface area (Å²) in [6.07, 6.45) is 2.94. The zero-order chi connectivity index (χ0) is 19.4. The molecule has 0 unspecified atom stereocenters. The fourth-order valence-electron chi connectivity index (χ4n) is 2.13. The Morgan fingerprint density at radius 2 is 1.50 bits per heavy atom. The topological polar surface area (TPSA) is 85.2 Å². The molecule has 0 atom stereocenters. The maximum atomic E-state index is 11.3. The van der Waals surface area contributed by atoms with Gasteiger partial charge in [0.2, 0.25) is 12.2 Å². The van der Waals surface area contributed by atoms with E-state index in [1.807, 2.05) is 24.3 Å². The summed E-state index contributed by atoms with van der Waals surface area (Å²) in [5, 5.41) is 0. The number of para-hydroxylation sites is 2. The van der Waals surface area contributed by atoms with Gasteiger partial charge in [0.15, 0.2) is 0 Å². The number of ether oxygens (including phenoxy) is 1. The summed E-state index contributed by atoms with van der Waals surface area (Å²) < 4.78 is 4.79. The molecule has 0 N–H and O–H groups in total. The second kappa shape index (κ2) is 11.3. The molecule has 0 aliphatic heterocycles. The van der Waals surface area contributed by atoms with Crippen molar-refractivity contribution in [2.45, 2.75) is 26.7 Å². The zero-order valence-corrected chi connectivity index (χ0v) is 14.9. The Hall–Kier alpha value is -3.33. The largest absolute Gasteiger partial charge is 0.462 e. The Kier molecular flexibility index (Phi) is 8.97. The number of isocyanates is 2. The van der Waals surface area contributed by atoms with E-state index in [0.29, 0.717) is 5.92 Å². The van der Waals surface area contributed by atoms with Crippen molar-refractivity contribution in [2.24, 2.45) is 9.98 Å². The molecule has 0 saturated heterocycles. The van der Waals surface area contributed by atoms with Crippen molar-refractivity contribution >= 4 is 29.5 Å². The number of benzene rings is 2. The molecular formula is C20H20N2O4. The van der Waals surface area contributed by atoms with E-state index in [4.69, 9.17) is 4.74 Å². The summed E-state index contributed by atoms with van der Waals surface area (Å²) in [6.45, 7) is 6.14. The first-order valence-corrected chi connectivity index (χ1v) is 8.05. The van der Waals surface area contributed by atoms with Gasteiger partial charge in [-0.1, -0.05) is 44.2 Å². The second-order valence-electron chi connectivity index (χ2n) is 5.36. The Morgan fingerprint density at radius 1 is 0.962 bits per heavy atom. The minimum absolute atomic E-state index is 0.276. The maximum absolute atomic E-state index is 11.3. The van der Waals surface area contributed by atoms with Gasteiger partial charge in [0.1, 0.15) is 0 Å². The first-order valence-electron chi connectivity index (χ1n) is 8.05. The van der Waals surface area contributed by atoms with Crippen LogP contribution < -0.4 is 0 Å². The molecule has 0 aromatic heterocycles. The quantitative estimate of drug-likeness (QED) is 0.447. The first-order chi connectivity index (χ1) is 12.5. The van der Waals surface area contributed by atoms with Crippen molar-refractivity contribution in [3.05, 3.63) is 59.7 Å². The van der Waals surface area contributed by atoms with Crippen LogP contribution in [-0.4, -0.2) is 24.7 Å². The second-order valence-corrected chi connectivity index (χ2v) is 5.36. The van der Waals surface area contributed by atoms with Crippen LogP contribution in [0.3, 0.4) is 0 Å². The van der Waals surface area contributed by atoms with E-state index in [1.54, 1.807) is 37.3 Å². The highest BCUT2D eigenvalue weighted by atomic mass is 16.5. The van der Waals surface area contributed by atoms with E-state index < -0.39 is 5.97 Å². The number of aliphatic imine (C=N–C) groups is 2. The number of hydrogen-bond acceptors (Lipinski definition) is 6. The highest BCUT2D eigenvalue weighted by Crippen LogP contribution is 2.25. The van der Waals surface area contributed by atoms with Gasteiger partial charge in [-0.25, -0.2) is 14.4 Å². The summed E-state index contributed by atoms with van der Waals surface area (Å²) in [6, 6.07) is 14.1. The van der Waals surface area contributed by atoms with Crippen LogP contribution in [-0.2, 0) is 14.3 Å². The van der Waals surface area contributed by atoms with Crippen LogP contribution in [0.1, 0.15) is 42.6 Å². The number of rotatable bonds is 5. The third-order valence-electron chi connectivity index (χ3n) is 3.29. The number of esters is 1. The predicted molar refractivity (Wildman–Crippen MR) is 98.5 cm³/mol. The first kappa shape index (κ1) is 20.7. The number of nitrogens with zero attached hydrogens (tertiary/aromatic N) is 2. The standard InChI is InChI=1S/C10H9NO3.C10H11NO/c1-2-14-10(13)8-5-3-4-6-9(8)11-7-12;1-8(2)9-5-3-4-6-10(9)11-7-12/h3-6H,2H2,1H3;3-6,8H,1-2H3. The van der Waals surface area contributed by atoms with Gasteiger partial charge in [0, 0.05) is 0 Å². The lowest BCUT2D eigenvalue weighted by molar-refractivity contribution is 0.0527. The van der Waals surface area contributed by atoms with Gasteiger partial charge in [-0.15, -0.1) is 0 Å². The van der Waals surface area contributed by atoms with Gasteiger partial charge in [0.25, 0.3) is 0 Å². The average Bonchev–Trinajstić information content (AvgIpc) is 2.64. The van der Waals surface area contributed by atoms with Crippen LogP contribution >= 0.6 is 0 Å². The molecule has 0 bridgehead atoms. The number of hydrogen-bond donors (Lipinski definition) is 0. The van der Waals surface area contributed by atoms with Gasteiger partial charge in [-0.05, 0) is 36.6 Å². The molecule has 0 aliphatic rings. The molecule has 0 spiro atoms. The van der Waals surface area contributed by atoms with E-state index in [-0.39, 0.29) is 17.9 Å². The molecule has 0 radical (unpaired) electrons. The molecule has 6 heteroatoms. The fraction of sp³-hybridized carbons (Fsp3) is 0.250. The smallest absolute Gasteiger partial charge is 0.340 e. The van der Waals surface area contributed by atoms with Gasteiger partial charge in [-0.2, -0.15) is 9.98 Å². The molecule has 134 valence electrons. The lowest BCUT2D eigenvalue weighted by Crippen LogP contribution is -2.04. The lowest BCUT2D eigenvalue weighted by atomic mass is 10.0. The fourth-order valence-corrected chi connectivity index (χ4v) is 2.13. The summed E-state index contributed by atoms with van der Waals surface area (Å²) in [5.74, 6) is -0.0969. The van der Waals surface area contributed by atoms with Crippen molar-refractivity contribution in [1.29, 1.82) is 0 Å². The minimum atomic E-state index is -0.484. The molecule has 0 fully saturated rings. The van der Waals surface area contributed by atoms with Crippen LogP contribution in [0.25, 0.3) is 0 Å². The van der Waals surface area contributed by atoms with E-state index in [9.17, 15) is 14.4 Å². The number of carbonyl (C=O) groups excluding carboxylic acids is 3. The monoisotopic (exact) mass is 352 g/mol. The molecule has 6 nitrogen and oxygen atoms in total. The van der Waals surface area contributed by atoms with Crippen molar-refractivity contribution < 1.29 is 19.1 Å². The average molecular weight is 352 g/mol. The Balaban J connectivity index is 0.000000263. The molecule has 2 aromatic carbocycles. The molecule has 0 heterocycles. The van der Waals surface area contributed by atoms with Crippen molar-refractivity contribution in [1.82, 2.24) is 0 Å². The highest BCUT2D eigenvalue weighted by Gasteiger charge is 2.10. The minimum Gasteiger partial charge on any atom is -0.462 e.